The first-order valence-electron chi connectivity index (χ1n) is 3.93. The number of hydrogen-bond donors (Lipinski definition) is 0. The molecule has 0 fully saturated rings. The minimum Gasteiger partial charge on any atom is -0.276 e. The predicted octanol–water partition coefficient (Wildman–Crippen LogP) is 3.27. The maximum Gasteiger partial charge on any atom is 0.254 e. The molecule has 1 aromatic heterocycles. The molecule has 0 spiro atoms. The average Bonchev–Trinajstić information content (AvgIpc) is 2.18. The number of rotatable bonds is 1. The van der Waals surface area contributed by atoms with E-state index in [0.29, 0.717) is 16.1 Å². The normalized spacial score (nSPS) is 10.4. The van der Waals surface area contributed by atoms with Gasteiger partial charge in [-0.05, 0) is 35.9 Å². The molecule has 1 heterocycles. The number of benzene rings is 1. The van der Waals surface area contributed by atoms with Crippen molar-refractivity contribution < 1.29 is 4.79 Å². The Morgan fingerprint density at radius 3 is 2.79 bits per heavy atom. The summed E-state index contributed by atoms with van der Waals surface area (Å²) in [5, 5.41) is 0.779. The third-order valence-electron chi connectivity index (χ3n) is 1.93. The Morgan fingerprint density at radius 2 is 2.07 bits per heavy atom. The zero-order chi connectivity index (χ0) is 10.1. The van der Waals surface area contributed by atoms with Gasteiger partial charge in [-0.15, -0.1) is 0 Å². The van der Waals surface area contributed by atoms with E-state index in [4.69, 9.17) is 23.2 Å². The van der Waals surface area contributed by atoms with Gasteiger partial charge in [-0.2, -0.15) is 0 Å². The van der Waals surface area contributed by atoms with Crippen LogP contribution in [0.2, 0.25) is 5.02 Å². The standard InChI is InChI=1S/C10H5Cl2NO/c11-8-4-3-7(10(12)14)9-6(8)2-1-5-13-9/h1-5H. The number of hydrogen-bond acceptors (Lipinski definition) is 2. The van der Waals surface area contributed by atoms with Gasteiger partial charge < -0.3 is 0 Å². The van der Waals surface area contributed by atoms with Gasteiger partial charge in [-0.25, -0.2) is 0 Å². The molecule has 0 aliphatic carbocycles. The third kappa shape index (κ3) is 1.47. The van der Waals surface area contributed by atoms with E-state index >= 15 is 0 Å². The Labute approximate surface area is 90.5 Å². The van der Waals surface area contributed by atoms with Crippen LogP contribution in [0.1, 0.15) is 10.4 Å². The van der Waals surface area contributed by atoms with Gasteiger partial charge >= 0.3 is 0 Å². The van der Waals surface area contributed by atoms with Crippen molar-refractivity contribution in [2.75, 3.05) is 0 Å². The van der Waals surface area contributed by atoms with E-state index in [0.717, 1.165) is 5.39 Å². The molecule has 0 atom stereocenters. The maximum absolute atomic E-state index is 11.1. The fourth-order valence-electron chi connectivity index (χ4n) is 1.30. The summed E-state index contributed by atoms with van der Waals surface area (Å²) in [6.45, 7) is 0. The molecule has 0 aliphatic rings. The summed E-state index contributed by atoms with van der Waals surface area (Å²) in [6.07, 6.45) is 1.60. The van der Waals surface area contributed by atoms with E-state index in [2.05, 4.69) is 4.98 Å². The quantitative estimate of drug-likeness (QED) is 0.698. The third-order valence-corrected chi connectivity index (χ3v) is 2.46. The van der Waals surface area contributed by atoms with Gasteiger partial charge in [0.2, 0.25) is 0 Å². The van der Waals surface area contributed by atoms with Gasteiger partial charge in [-0.1, -0.05) is 11.6 Å². The number of carbonyl (C=O) groups is 1. The molecule has 1 aromatic carbocycles. The molecular formula is C10H5Cl2NO. The zero-order valence-electron chi connectivity index (χ0n) is 7.00. The van der Waals surface area contributed by atoms with E-state index in [-0.39, 0.29) is 0 Å². The molecule has 0 amide bonds. The Morgan fingerprint density at radius 1 is 1.29 bits per heavy atom. The zero-order valence-corrected chi connectivity index (χ0v) is 8.51. The van der Waals surface area contributed by atoms with E-state index in [1.54, 1.807) is 30.5 Å². The van der Waals surface area contributed by atoms with E-state index in [1.807, 2.05) is 0 Å². The lowest BCUT2D eigenvalue weighted by molar-refractivity contribution is 0.108. The Hall–Kier alpha value is -1.12. The molecule has 70 valence electrons. The minimum absolute atomic E-state index is 0.381. The molecule has 4 heteroatoms. The van der Waals surface area contributed by atoms with Gasteiger partial charge in [-0.3, -0.25) is 9.78 Å². The van der Waals surface area contributed by atoms with Crippen molar-refractivity contribution >= 4 is 39.3 Å². The van der Waals surface area contributed by atoms with Gasteiger partial charge in [0.05, 0.1) is 16.1 Å². The van der Waals surface area contributed by atoms with Gasteiger partial charge in [0, 0.05) is 11.6 Å². The summed E-state index contributed by atoms with van der Waals surface area (Å²) in [5.41, 5.74) is 0.923. The van der Waals surface area contributed by atoms with Crippen LogP contribution in [-0.4, -0.2) is 10.2 Å². The second kappa shape index (κ2) is 3.56. The molecule has 2 nitrogen and oxygen atoms in total. The number of nitrogens with zero attached hydrogens (tertiary/aromatic N) is 1. The van der Waals surface area contributed by atoms with Gasteiger partial charge in [0.25, 0.3) is 5.24 Å². The van der Waals surface area contributed by atoms with Crippen LogP contribution in [0.4, 0.5) is 0 Å². The van der Waals surface area contributed by atoms with E-state index in [9.17, 15) is 4.79 Å². The van der Waals surface area contributed by atoms with Crippen LogP contribution in [0.5, 0.6) is 0 Å². The molecule has 0 saturated heterocycles. The first kappa shape index (κ1) is 9.44. The van der Waals surface area contributed by atoms with Crippen LogP contribution in [0.15, 0.2) is 30.5 Å². The molecule has 0 radical (unpaired) electrons. The fraction of sp³-hybridized carbons (Fsp3) is 0. The Kier molecular flexibility index (Phi) is 2.40. The van der Waals surface area contributed by atoms with Crippen molar-refractivity contribution in [3.8, 4) is 0 Å². The number of aromatic nitrogens is 1. The second-order valence-electron chi connectivity index (χ2n) is 2.77. The topological polar surface area (TPSA) is 30.0 Å². The molecular weight excluding hydrogens is 221 g/mol. The SMILES string of the molecule is O=C(Cl)c1ccc(Cl)c2cccnc12. The monoisotopic (exact) mass is 225 g/mol. The summed E-state index contributed by atoms with van der Waals surface area (Å²) >= 11 is 11.4. The van der Waals surface area contributed by atoms with Crippen molar-refractivity contribution in [1.29, 1.82) is 0 Å². The number of halogens is 2. The lowest BCUT2D eigenvalue weighted by atomic mass is 10.1. The van der Waals surface area contributed by atoms with E-state index < -0.39 is 5.24 Å². The highest BCUT2D eigenvalue weighted by atomic mass is 35.5. The number of carbonyl (C=O) groups excluding carboxylic acids is 1. The summed E-state index contributed by atoms with van der Waals surface area (Å²) < 4.78 is 0. The first-order valence-corrected chi connectivity index (χ1v) is 4.69. The van der Waals surface area contributed by atoms with Gasteiger partial charge in [0.15, 0.2) is 0 Å². The minimum atomic E-state index is -0.523. The van der Waals surface area contributed by atoms with Gasteiger partial charge in [0.1, 0.15) is 0 Å². The summed E-state index contributed by atoms with van der Waals surface area (Å²) in [5.74, 6) is 0. The lowest BCUT2D eigenvalue weighted by Crippen LogP contribution is -1.92. The van der Waals surface area contributed by atoms with Crippen molar-refractivity contribution in [2.45, 2.75) is 0 Å². The average molecular weight is 226 g/mol. The lowest BCUT2D eigenvalue weighted by Gasteiger charge is -2.02. The molecule has 2 rings (SSSR count). The molecule has 2 aromatic rings. The molecule has 0 unspecified atom stereocenters. The molecule has 0 N–H and O–H groups in total. The second-order valence-corrected chi connectivity index (χ2v) is 3.52. The van der Waals surface area contributed by atoms with Crippen LogP contribution in [0.25, 0.3) is 10.9 Å². The largest absolute Gasteiger partial charge is 0.276 e. The number of pyridine rings is 1. The highest BCUT2D eigenvalue weighted by molar-refractivity contribution is 6.68. The number of fused-ring (bicyclic) bond motifs is 1. The fourth-order valence-corrected chi connectivity index (χ4v) is 1.66. The van der Waals surface area contributed by atoms with Crippen LogP contribution in [0, 0.1) is 0 Å². The molecule has 0 bridgehead atoms. The van der Waals surface area contributed by atoms with Crippen molar-refractivity contribution in [1.82, 2.24) is 4.98 Å². The van der Waals surface area contributed by atoms with Crippen molar-refractivity contribution in [3.05, 3.63) is 41.0 Å². The Bertz CT molecular complexity index is 510. The predicted molar refractivity (Wildman–Crippen MR) is 56.9 cm³/mol. The molecule has 0 aliphatic heterocycles. The maximum atomic E-state index is 11.1. The summed E-state index contributed by atoms with van der Waals surface area (Å²) in [7, 11) is 0. The van der Waals surface area contributed by atoms with Crippen LogP contribution >= 0.6 is 23.2 Å². The van der Waals surface area contributed by atoms with Crippen LogP contribution < -0.4 is 0 Å². The van der Waals surface area contributed by atoms with Crippen LogP contribution in [0.3, 0.4) is 0 Å². The first-order chi connectivity index (χ1) is 6.70. The highest BCUT2D eigenvalue weighted by Gasteiger charge is 2.09. The van der Waals surface area contributed by atoms with Crippen LogP contribution in [-0.2, 0) is 0 Å². The summed E-state index contributed by atoms with van der Waals surface area (Å²) in [4.78, 5) is 15.1. The summed E-state index contributed by atoms with van der Waals surface area (Å²) in [6, 6.07) is 6.78. The molecule has 0 saturated carbocycles. The molecule has 14 heavy (non-hydrogen) atoms. The Balaban J connectivity index is 2.88. The van der Waals surface area contributed by atoms with E-state index in [1.165, 1.54) is 0 Å². The highest BCUT2D eigenvalue weighted by Crippen LogP contribution is 2.25. The van der Waals surface area contributed by atoms with Crippen molar-refractivity contribution in [2.24, 2.45) is 0 Å². The smallest absolute Gasteiger partial charge is 0.254 e. The van der Waals surface area contributed by atoms with Crippen molar-refractivity contribution in [3.63, 3.8) is 0 Å².